The maximum Gasteiger partial charge on any atom is 0.152 e. The number of hydrogen-bond acceptors (Lipinski definition) is 2. The minimum absolute atomic E-state index is 0.0356. The number of hydrogen-bond donors (Lipinski definition) is 1. The van der Waals surface area contributed by atoms with Crippen LogP contribution in [0.5, 0.6) is 0 Å². The third kappa shape index (κ3) is 1.54. The van der Waals surface area contributed by atoms with Crippen LogP contribution in [-0.2, 0) is 17.8 Å². The largest absolute Gasteiger partial charge is 0.375 e. The summed E-state index contributed by atoms with van der Waals surface area (Å²) in [6.45, 7) is 4.77. The van der Waals surface area contributed by atoms with Crippen molar-refractivity contribution in [1.82, 2.24) is 4.57 Å². The quantitative estimate of drug-likeness (QED) is 0.857. The van der Waals surface area contributed by atoms with Gasteiger partial charge in [0, 0.05) is 35.8 Å². The molecule has 0 aliphatic carbocycles. The van der Waals surface area contributed by atoms with E-state index < -0.39 is 0 Å². The molecule has 0 radical (unpaired) electrons. The van der Waals surface area contributed by atoms with Crippen molar-refractivity contribution in [1.29, 1.82) is 0 Å². The molecule has 1 atom stereocenters. The van der Waals surface area contributed by atoms with E-state index >= 15 is 0 Å². The van der Waals surface area contributed by atoms with Gasteiger partial charge in [0.15, 0.2) is 5.78 Å². The molecule has 1 aromatic heterocycles. The predicted octanol–water partition coefficient (Wildman–Crippen LogP) is 2.59. The number of aryl methyl sites for hydroxylation is 1. The number of Topliss-reactive ketones (excluding diaryl/α,β-unsaturated/α-hetero) is 1. The molecule has 0 spiro atoms. The first-order chi connectivity index (χ1) is 8.19. The van der Waals surface area contributed by atoms with E-state index in [0.29, 0.717) is 0 Å². The van der Waals surface area contributed by atoms with E-state index in [1.807, 2.05) is 0 Å². The fraction of sp³-hybridized carbons (Fsp3) is 0.357. The van der Waals surface area contributed by atoms with Gasteiger partial charge in [0.25, 0.3) is 0 Å². The Morgan fingerprint density at radius 3 is 3.06 bits per heavy atom. The van der Waals surface area contributed by atoms with Crippen molar-refractivity contribution in [2.75, 3.05) is 5.32 Å². The molecule has 0 amide bonds. The van der Waals surface area contributed by atoms with E-state index in [0.717, 1.165) is 18.7 Å². The van der Waals surface area contributed by atoms with Gasteiger partial charge in [0.05, 0.1) is 6.04 Å². The summed E-state index contributed by atoms with van der Waals surface area (Å²) in [7, 11) is 0. The summed E-state index contributed by atoms with van der Waals surface area (Å²) in [5.41, 5.74) is 3.63. The lowest BCUT2D eigenvalue weighted by atomic mass is 10.1. The Morgan fingerprint density at radius 2 is 2.35 bits per heavy atom. The lowest BCUT2D eigenvalue weighted by molar-refractivity contribution is -0.117. The van der Waals surface area contributed by atoms with Gasteiger partial charge in [-0.25, -0.2) is 0 Å². The zero-order chi connectivity index (χ0) is 12.0. The number of fused-ring (bicyclic) bond motifs is 2. The van der Waals surface area contributed by atoms with E-state index in [2.05, 4.69) is 41.2 Å². The first kappa shape index (κ1) is 10.4. The molecule has 3 nitrogen and oxygen atoms in total. The van der Waals surface area contributed by atoms with Gasteiger partial charge in [-0.05, 0) is 37.6 Å². The highest BCUT2D eigenvalue weighted by atomic mass is 16.1. The molecule has 0 fully saturated rings. The van der Waals surface area contributed by atoms with Gasteiger partial charge >= 0.3 is 0 Å². The number of rotatable bonds is 2. The molecule has 1 aliphatic rings. The molecular weight excluding hydrogens is 212 g/mol. The highest BCUT2D eigenvalue weighted by molar-refractivity contribution is 5.91. The molecule has 3 heteroatoms. The highest BCUT2D eigenvalue weighted by Crippen LogP contribution is 2.31. The molecule has 2 aromatic rings. The molecular formula is C14H16N2O. The maximum atomic E-state index is 11.4. The van der Waals surface area contributed by atoms with Crippen LogP contribution in [0.4, 0.5) is 5.69 Å². The van der Waals surface area contributed by atoms with Gasteiger partial charge in [-0.1, -0.05) is 0 Å². The first-order valence-corrected chi connectivity index (χ1v) is 6.08. The van der Waals surface area contributed by atoms with Crippen molar-refractivity contribution in [2.45, 2.75) is 32.9 Å². The van der Waals surface area contributed by atoms with Gasteiger partial charge in [-0.2, -0.15) is 0 Å². The van der Waals surface area contributed by atoms with Gasteiger partial charge in [-0.3, -0.25) is 4.79 Å². The third-order valence-corrected chi connectivity index (χ3v) is 3.58. The van der Waals surface area contributed by atoms with E-state index in [1.165, 1.54) is 16.5 Å². The Labute approximate surface area is 100 Å². The summed E-state index contributed by atoms with van der Waals surface area (Å²) in [6, 6.07) is 6.46. The van der Waals surface area contributed by atoms with Gasteiger partial charge < -0.3 is 9.88 Å². The second kappa shape index (κ2) is 3.62. The third-order valence-electron chi connectivity index (χ3n) is 3.58. The van der Waals surface area contributed by atoms with Crippen molar-refractivity contribution in [3.8, 4) is 0 Å². The Balaban J connectivity index is 2.09. The van der Waals surface area contributed by atoms with Crippen LogP contribution in [0, 0.1) is 0 Å². The standard InChI is InChI=1S/C14H16N2O/c1-3-16-5-4-10-6-13-11(8-14(10)16)7-12(15-13)9(2)17/h4-6,8,12,15H,3,7H2,1-2H3. The van der Waals surface area contributed by atoms with E-state index in [1.54, 1.807) is 6.92 Å². The Kier molecular flexibility index (Phi) is 2.21. The van der Waals surface area contributed by atoms with Crippen molar-refractivity contribution >= 4 is 22.4 Å². The fourth-order valence-corrected chi connectivity index (χ4v) is 2.56. The van der Waals surface area contributed by atoms with Crippen LogP contribution in [0.25, 0.3) is 10.9 Å². The van der Waals surface area contributed by atoms with Crippen LogP contribution in [0.2, 0.25) is 0 Å². The molecule has 1 aliphatic heterocycles. The average Bonchev–Trinajstić information content (AvgIpc) is 2.87. The van der Waals surface area contributed by atoms with E-state index in [4.69, 9.17) is 0 Å². The molecule has 3 rings (SSSR count). The summed E-state index contributed by atoms with van der Waals surface area (Å²) in [5.74, 6) is 0.212. The zero-order valence-corrected chi connectivity index (χ0v) is 10.2. The van der Waals surface area contributed by atoms with Crippen molar-refractivity contribution < 1.29 is 4.79 Å². The van der Waals surface area contributed by atoms with Gasteiger partial charge in [0.2, 0.25) is 0 Å². The molecule has 1 N–H and O–H groups in total. The van der Waals surface area contributed by atoms with Crippen LogP contribution in [0.3, 0.4) is 0 Å². The number of aromatic nitrogens is 1. The summed E-state index contributed by atoms with van der Waals surface area (Å²) < 4.78 is 2.23. The summed E-state index contributed by atoms with van der Waals surface area (Å²) >= 11 is 0. The van der Waals surface area contributed by atoms with Crippen molar-refractivity contribution in [3.63, 3.8) is 0 Å². The Morgan fingerprint density at radius 1 is 1.53 bits per heavy atom. The summed E-state index contributed by atoms with van der Waals surface area (Å²) in [5, 5.41) is 4.53. The second-order valence-corrected chi connectivity index (χ2v) is 4.68. The Bertz CT molecular complexity index is 598. The number of ketones is 1. The van der Waals surface area contributed by atoms with Crippen LogP contribution >= 0.6 is 0 Å². The zero-order valence-electron chi connectivity index (χ0n) is 10.2. The number of carbonyl (C=O) groups excluding carboxylic acids is 1. The monoisotopic (exact) mass is 228 g/mol. The Hall–Kier alpha value is -1.77. The maximum absolute atomic E-state index is 11.4. The number of benzene rings is 1. The lowest BCUT2D eigenvalue weighted by Crippen LogP contribution is -2.23. The first-order valence-electron chi connectivity index (χ1n) is 6.08. The fourth-order valence-electron chi connectivity index (χ4n) is 2.56. The van der Waals surface area contributed by atoms with E-state index in [9.17, 15) is 4.79 Å². The smallest absolute Gasteiger partial charge is 0.152 e. The summed E-state index contributed by atoms with van der Waals surface area (Å²) in [4.78, 5) is 11.4. The normalized spacial score (nSPS) is 18.1. The molecule has 1 unspecified atom stereocenters. The molecule has 88 valence electrons. The second-order valence-electron chi connectivity index (χ2n) is 4.68. The SMILES string of the molecule is CCn1ccc2cc3c(cc21)CC(C(C)=O)N3. The van der Waals surface area contributed by atoms with Crippen LogP contribution < -0.4 is 5.32 Å². The molecule has 1 aromatic carbocycles. The summed E-state index contributed by atoms with van der Waals surface area (Å²) in [6.07, 6.45) is 2.93. The van der Waals surface area contributed by atoms with Crippen molar-refractivity contribution in [2.24, 2.45) is 0 Å². The average molecular weight is 228 g/mol. The number of nitrogens with zero attached hydrogens (tertiary/aromatic N) is 1. The highest BCUT2D eigenvalue weighted by Gasteiger charge is 2.24. The predicted molar refractivity (Wildman–Crippen MR) is 69.4 cm³/mol. The number of nitrogens with one attached hydrogen (secondary N) is 1. The van der Waals surface area contributed by atoms with Crippen LogP contribution in [0.1, 0.15) is 19.4 Å². The minimum atomic E-state index is -0.0356. The number of carbonyl (C=O) groups is 1. The molecule has 0 bridgehead atoms. The number of anilines is 1. The molecule has 0 saturated heterocycles. The van der Waals surface area contributed by atoms with Crippen molar-refractivity contribution in [3.05, 3.63) is 30.0 Å². The van der Waals surface area contributed by atoms with Crippen LogP contribution in [0.15, 0.2) is 24.4 Å². The molecule has 0 saturated carbocycles. The van der Waals surface area contributed by atoms with Gasteiger partial charge in [0.1, 0.15) is 0 Å². The lowest BCUT2D eigenvalue weighted by Gasteiger charge is -2.05. The topological polar surface area (TPSA) is 34.0 Å². The van der Waals surface area contributed by atoms with E-state index in [-0.39, 0.29) is 11.8 Å². The molecule has 2 heterocycles. The molecule has 17 heavy (non-hydrogen) atoms. The van der Waals surface area contributed by atoms with Gasteiger partial charge in [-0.15, -0.1) is 0 Å². The minimum Gasteiger partial charge on any atom is -0.375 e. The van der Waals surface area contributed by atoms with Crippen LogP contribution in [-0.4, -0.2) is 16.4 Å².